The topological polar surface area (TPSA) is 39.4 Å². The van der Waals surface area contributed by atoms with Gasteiger partial charge in [0, 0.05) is 6.07 Å². The van der Waals surface area contributed by atoms with Crippen LogP contribution in [0.5, 0.6) is 11.6 Å². The molecule has 0 aliphatic carbocycles. The molecule has 0 atom stereocenters. The Balaban J connectivity index is 2.36. The van der Waals surface area contributed by atoms with E-state index in [9.17, 15) is 0 Å². The predicted octanol–water partition coefficient (Wildman–Crippen LogP) is 4.54. The van der Waals surface area contributed by atoms with Gasteiger partial charge < -0.3 is 4.74 Å². The minimum absolute atomic E-state index is 0.315. The molecule has 4 nitrogen and oxygen atoms in total. The Labute approximate surface area is 118 Å². The van der Waals surface area contributed by atoms with Crippen LogP contribution in [-0.2, 0) is 0 Å². The summed E-state index contributed by atoms with van der Waals surface area (Å²) in [4.78, 5) is 11.4. The van der Waals surface area contributed by atoms with Gasteiger partial charge in [-0.05, 0) is 28.9 Å². The fourth-order valence-corrected chi connectivity index (χ4v) is 1.85. The van der Waals surface area contributed by atoms with E-state index in [0.29, 0.717) is 28.3 Å². The molecule has 0 fully saturated rings. The standard InChI is InChI=1S/C12H7BrClN3O/c1-7-16-11(14)6-12(17-7)18-10-5-8(15-2)3-4-9(10)13/h3-6H,1H3. The van der Waals surface area contributed by atoms with Crippen LogP contribution in [0.15, 0.2) is 28.7 Å². The molecular formula is C12H7BrClN3O. The van der Waals surface area contributed by atoms with Crippen molar-refractivity contribution in [1.82, 2.24) is 9.97 Å². The van der Waals surface area contributed by atoms with Gasteiger partial charge in [0.05, 0.1) is 11.0 Å². The molecule has 6 heteroatoms. The van der Waals surface area contributed by atoms with E-state index in [1.165, 1.54) is 6.07 Å². The van der Waals surface area contributed by atoms with Crippen LogP contribution < -0.4 is 4.74 Å². The molecule has 0 saturated heterocycles. The Morgan fingerprint density at radius 1 is 1.33 bits per heavy atom. The Bertz CT molecular complexity index is 619. The van der Waals surface area contributed by atoms with Gasteiger partial charge in [-0.25, -0.2) is 9.83 Å². The average Bonchev–Trinajstić information content (AvgIpc) is 2.30. The van der Waals surface area contributed by atoms with Crippen LogP contribution in [0.1, 0.15) is 5.82 Å². The van der Waals surface area contributed by atoms with Gasteiger partial charge in [-0.3, -0.25) is 0 Å². The summed E-state index contributed by atoms with van der Waals surface area (Å²) < 4.78 is 6.33. The third-order valence-corrected chi connectivity index (χ3v) is 2.89. The van der Waals surface area contributed by atoms with Crippen LogP contribution >= 0.6 is 27.5 Å². The van der Waals surface area contributed by atoms with Gasteiger partial charge in [0.25, 0.3) is 0 Å². The average molecular weight is 325 g/mol. The van der Waals surface area contributed by atoms with E-state index in [1.807, 2.05) is 0 Å². The summed E-state index contributed by atoms with van der Waals surface area (Å²) in [7, 11) is 0. The number of aryl methyl sites for hydroxylation is 1. The molecule has 90 valence electrons. The number of hydrogen-bond donors (Lipinski definition) is 0. The smallest absolute Gasteiger partial charge is 0.224 e. The number of benzene rings is 1. The van der Waals surface area contributed by atoms with Crippen LogP contribution in [0.25, 0.3) is 4.85 Å². The highest BCUT2D eigenvalue weighted by atomic mass is 79.9. The molecule has 0 saturated carbocycles. The summed E-state index contributed by atoms with van der Waals surface area (Å²) in [5.41, 5.74) is 0.491. The lowest BCUT2D eigenvalue weighted by molar-refractivity contribution is 0.457. The summed E-state index contributed by atoms with van der Waals surface area (Å²) in [6.45, 7) is 8.69. The van der Waals surface area contributed by atoms with Crippen LogP contribution in [0.2, 0.25) is 5.15 Å². The van der Waals surface area contributed by atoms with Crippen molar-refractivity contribution in [3.63, 3.8) is 0 Å². The van der Waals surface area contributed by atoms with Gasteiger partial charge in [0.15, 0.2) is 5.69 Å². The number of hydrogen-bond acceptors (Lipinski definition) is 3. The SMILES string of the molecule is [C-]#[N+]c1ccc(Br)c(Oc2cc(Cl)nc(C)n2)c1. The first-order valence-corrected chi connectivity index (χ1v) is 6.11. The van der Waals surface area contributed by atoms with E-state index in [4.69, 9.17) is 22.9 Å². The molecule has 1 aromatic carbocycles. The molecule has 0 aliphatic rings. The highest BCUT2D eigenvalue weighted by Crippen LogP contribution is 2.33. The van der Waals surface area contributed by atoms with E-state index in [2.05, 4.69) is 30.7 Å². The zero-order valence-electron chi connectivity index (χ0n) is 9.32. The molecule has 2 rings (SSSR count). The van der Waals surface area contributed by atoms with Gasteiger partial charge in [0.1, 0.15) is 16.7 Å². The third kappa shape index (κ3) is 2.97. The second-order valence-electron chi connectivity index (χ2n) is 3.40. The van der Waals surface area contributed by atoms with Crippen LogP contribution in [0, 0.1) is 13.5 Å². The normalized spacial score (nSPS) is 9.89. The number of aromatic nitrogens is 2. The van der Waals surface area contributed by atoms with Crippen molar-refractivity contribution in [2.24, 2.45) is 0 Å². The molecule has 0 N–H and O–H groups in total. The maximum absolute atomic E-state index is 6.97. The first-order chi connectivity index (χ1) is 8.58. The highest BCUT2D eigenvalue weighted by Gasteiger charge is 2.07. The summed E-state index contributed by atoms with van der Waals surface area (Å²) in [6.07, 6.45) is 0. The van der Waals surface area contributed by atoms with E-state index in [0.717, 1.165) is 4.47 Å². The van der Waals surface area contributed by atoms with Gasteiger partial charge in [-0.1, -0.05) is 23.7 Å². The number of halogens is 2. The van der Waals surface area contributed by atoms with Crippen molar-refractivity contribution in [3.05, 3.63) is 51.1 Å². The fourth-order valence-electron chi connectivity index (χ4n) is 1.31. The lowest BCUT2D eigenvalue weighted by Gasteiger charge is -2.08. The first-order valence-electron chi connectivity index (χ1n) is 4.94. The summed E-state index contributed by atoms with van der Waals surface area (Å²) in [5.74, 6) is 1.38. The van der Waals surface area contributed by atoms with E-state index in [-0.39, 0.29) is 0 Å². The lowest BCUT2D eigenvalue weighted by Crippen LogP contribution is -1.93. The van der Waals surface area contributed by atoms with Crippen LogP contribution in [0.3, 0.4) is 0 Å². The first kappa shape index (κ1) is 12.8. The molecule has 0 aliphatic heterocycles. The maximum atomic E-state index is 6.97. The van der Waals surface area contributed by atoms with Crippen molar-refractivity contribution in [1.29, 1.82) is 0 Å². The third-order valence-electron chi connectivity index (χ3n) is 2.04. The Morgan fingerprint density at radius 3 is 2.78 bits per heavy atom. The van der Waals surface area contributed by atoms with Crippen molar-refractivity contribution in [2.75, 3.05) is 0 Å². The molecule has 0 unspecified atom stereocenters. The van der Waals surface area contributed by atoms with E-state index < -0.39 is 0 Å². The quantitative estimate of drug-likeness (QED) is 0.601. The largest absolute Gasteiger partial charge is 0.439 e. The molecule has 0 radical (unpaired) electrons. The predicted molar refractivity (Wildman–Crippen MR) is 72.3 cm³/mol. The van der Waals surface area contributed by atoms with Crippen molar-refractivity contribution in [2.45, 2.75) is 6.92 Å². The summed E-state index contributed by atoms with van der Waals surface area (Å²) >= 11 is 9.17. The minimum atomic E-state index is 0.315. The molecule has 1 heterocycles. The van der Waals surface area contributed by atoms with Crippen LogP contribution in [-0.4, -0.2) is 9.97 Å². The molecule has 1 aromatic heterocycles. The second-order valence-corrected chi connectivity index (χ2v) is 4.65. The zero-order valence-corrected chi connectivity index (χ0v) is 11.7. The van der Waals surface area contributed by atoms with E-state index >= 15 is 0 Å². The summed E-state index contributed by atoms with van der Waals surface area (Å²) in [5, 5.41) is 0.315. The molecule has 2 aromatic rings. The highest BCUT2D eigenvalue weighted by molar-refractivity contribution is 9.10. The van der Waals surface area contributed by atoms with Crippen LogP contribution in [0.4, 0.5) is 5.69 Å². The van der Waals surface area contributed by atoms with Gasteiger partial charge in [0.2, 0.25) is 5.88 Å². The van der Waals surface area contributed by atoms with Crippen molar-refractivity contribution < 1.29 is 4.74 Å². The molecule has 0 amide bonds. The summed E-state index contributed by atoms with van der Waals surface area (Å²) in [6, 6.07) is 6.59. The van der Waals surface area contributed by atoms with Crippen molar-refractivity contribution in [3.8, 4) is 11.6 Å². The Hall–Kier alpha value is -1.64. The van der Waals surface area contributed by atoms with Gasteiger partial charge in [-0.15, -0.1) is 0 Å². The number of nitrogens with zero attached hydrogens (tertiary/aromatic N) is 3. The monoisotopic (exact) mass is 323 g/mol. The second kappa shape index (κ2) is 5.34. The Kier molecular flexibility index (Phi) is 3.80. The number of ether oxygens (including phenoxy) is 1. The van der Waals surface area contributed by atoms with Crippen molar-refractivity contribution >= 4 is 33.2 Å². The zero-order chi connectivity index (χ0) is 13.1. The van der Waals surface area contributed by atoms with Gasteiger partial charge >= 0.3 is 0 Å². The number of rotatable bonds is 2. The van der Waals surface area contributed by atoms with E-state index in [1.54, 1.807) is 25.1 Å². The van der Waals surface area contributed by atoms with Gasteiger partial charge in [-0.2, -0.15) is 4.98 Å². The lowest BCUT2D eigenvalue weighted by atomic mass is 10.3. The Morgan fingerprint density at radius 2 is 2.11 bits per heavy atom. The molecular weight excluding hydrogens is 318 g/mol. The molecule has 0 spiro atoms. The maximum Gasteiger partial charge on any atom is 0.224 e. The molecule has 0 bridgehead atoms. The minimum Gasteiger partial charge on any atom is -0.439 e. The fraction of sp³-hybridized carbons (Fsp3) is 0.0833. The molecule has 18 heavy (non-hydrogen) atoms.